The van der Waals surface area contributed by atoms with E-state index in [9.17, 15) is 0 Å². The minimum absolute atomic E-state index is 0.154. The van der Waals surface area contributed by atoms with E-state index in [0.717, 1.165) is 18.0 Å². The Kier molecular flexibility index (Phi) is 4.10. The van der Waals surface area contributed by atoms with E-state index in [4.69, 9.17) is 4.74 Å². The molecule has 0 unspecified atom stereocenters. The molecule has 0 aliphatic carbocycles. The maximum Gasteiger partial charge on any atom is 0.120 e. The van der Waals surface area contributed by atoms with E-state index in [1.54, 1.807) is 0 Å². The summed E-state index contributed by atoms with van der Waals surface area (Å²) in [6, 6.07) is 18.5. The molecule has 2 aromatic carbocycles. The molecule has 1 N–H and O–H groups in total. The molecule has 2 nitrogen and oxygen atoms in total. The van der Waals surface area contributed by atoms with Gasteiger partial charge in [0.25, 0.3) is 0 Å². The monoisotopic (exact) mass is 255 g/mol. The third-order valence-corrected chi connectivity index (χ3v) is 2.62. The molecule has 0 saturated heterocycles. The van der Waals surface area contributed by atoms with Gasteiger partial charge >= 0.3 is 0 Å². The average Bonchev–Trinajstić information content (AvgIpc) is 2.37. The van der Waals surface area contributed by atoms with Gasteiger partial charge in [-0.1, -0.05) is 30.3 Å². The van der Waals surface area contributed by atoms with Crippen molar-refractivity contribution >= 4 is 5.69 Å². The Morgan fingerprint density at radius 2 is 1.53 bits per heavy atom. The van der Waals surface area contributed by atoms with Gasteiger partial charge in [0.15, 0.2) is 0 Å². The molecule has 0 bridgehead atoms. The van der Waals surface area contributed by atoms with Crippen molar-refractivity contribution in [2.75, 3.05) is 5.32 Å². The summed E-state index contributed by atoms with van der Waals surface area (Å²) in [6.45, 7) is 6.98. The molecule has 0 atom stereocenters. The zero-order valence-electron chi connectivity index (χ0n) is 11.8. The number of ether oxygens (including phenoxy) is 1. The predicted molar refractivity (Wildman–Crippen MR) is 80.6 cm³/mol. The molecule has 0 heterocycles. The molecule has 0 aliphatic rings. The molecular weight excluding hydrogens is 234 g/mol. The Morgan fingerprint density at radius 3 is 2.11 bits per heavy atom. The normalized spacial score (nSPS) is 11.1. The van der Waals surface area contributed by atoms with Crippen LogP contribution in [0.2, 0.25) is 0 Å². The number of hydrogen-bond acceptors (Lipinski definition) is 2. The molecule has 2 rings (SSSR count). The van der Waals surface area contributed by atoms with Gasteiger partial charge in [-0.15, -0.1) is 0 Å². The highest BCUT2D eigenvalue weighted by atomic mass is 16.5. The van der Waals surface area contributed by atoms with E-state index in [-0.39, 0.29) is 5.60 Å². The van der Waals surface area contributed by atoms with E-state index < -0.39 is 0 Å². The van der Waals surface area contributed by atoms with Crippen molar-refractivity contribution in [3.05, 3.63) is 60.2 Å². The van der Waals surface area contributed by atoms with Gasteiger partial charge in [0.1, 0.15) is 11.4 Å². The minimum Gasteiger partial charge on any atom is -0.488 e. The second kappa shape index (κ2) is 5.79. The van der Waals surface area contributed by atoms with Crippen molar-refractivity contribution in [2.45, 2.75) is 32.9 Å². The smallest absolute Gasteiger partial charge is 0.120 e. The van der Waals surface area contributed by atoms with Gasteiger partial charge in [0, 0.05) is 12.2 Å². The van der Waals surface area contributed by atoms with Gasteiger partial charge in [-0.2, -0.15) is 0 Å². The summed E-state index contributed by atoms with van der Waals surface area (Å²) < 4.78 is 5.79. The first-order chi connectivity index (χ1) is 9.03. The molecule has 0 fully saturated rings. The predicted octanol–water partition coefficient (Wildman–Crippen LogP) is 4.48. The Labute approximate surface area is 115 Å². The molecular formula is C17H21NO. The van der Waals surface area contributed by atoms with Gasteiger partial charge in [-0.3, -0.25) is 0 Å². The lowest BCUT2D eigenvalue weighted by Gasteiger charge is -2.21. The Hall–Kier alpha value is -1.96. The SMILES string of the molecule is CC(C)(C)Oc1ccc(NCc2ccccc2)cc1. The molecule has 2 heteroatoms. The molecule has 0 spiro atoms. The first-order valence-corrected chi connectivity index (χ1v) is 6.60. The summed E-state index contributed by atoms with van der Waals surface area (Å²) in [7, 11) is 0. The van der Waals surface area contributed by atoms with Gasteiger partial charge < -0.3 is 10.1 Å². The molecule has 0 amide bonds. The van der Waals surface area contributed by atoms with Crippen LogP contribution in [0, 0.1) is 0 Å². The Morgan fingerprint density at radius 1 is 0.895 bits per heavy atom. The van der Waals surface area contributed by atoms with Crippen LogP contribution in [0.1, 0.15) is 26.3 Å². The summed E-state index contributed by atoms with van der Waals surface area (Å²) in [4.78, 5) is 0. The Balaban J connectivity index is 1.92. The zero-order valence-corrected chi connectivity index (χ0v) is 11.8. The van der Waals surface area contributed by atoms with Crippen LogP contribution >= 0.6 is 0 Å². The van der Waals surface area contributed by atoms with E-state index >= 15 is 0 Å². The van der Waals surface area contributed by atoms with Gasteiger partial charge in [-0.25, -0.2) is 0 Å². The lowest BCUT2D eigenvalue weighted by Crippen LogP contribution is -2.22. The number of benzene rings is 2. The van der Waals surface area contributed by atoms with Crippen LogP contribution in [-0.4, -0.2) is 5.60 Å². The standard InChI is InChI=1S/C17H21NO/c1-17(2,3)19-16-11-9-15(10-12-16)18-13-14-7-5-4-6-8-14/h4-12,18H,13H2,1-3H3. The average molecular weight is 255 g/mol. The third-order valence-electron chi connectivity index (χ3n) is 2.62. The molecule has 2 aromatic rings. The van der Waals surface area contributed by atoms with Gasteiger partial charge in [0.2, 0.25) is 0 Å². The fourth-order valence-corrected chi connectivity index (χ4v) is 1.79. The van der Waals surface area contributed by atoms with E-state index in [0.29, 0.717) is 0 Å². The molecule has 0 aliphatic heterocycles. The van der Waals surface area contributed by atoms with Crippen molar-refractivity contribution in [1.29, 1.82) is 0 Å². The molecule has 0 aromatic heterocycles. The highest BCUT2D eigenvalue weighted by molar-refractivity contribution is 5.46. The second-order valence-corrected chi connectivity index (χ2v) is 5.58. The molecule has 19 heavy (non-hydrogen) atoms. The number of anilines is 1. The molecule has 0 saturated carbocycles. The topological polar surface area (TPSA) is 21.3 Å². The van der Waals surface area contributed by atoms with Crippen LogP contribution in [-0.2, 0) is 6.54 Å². The first kappa shape index (κ1) is 13.5. The highest BCUT2D eigenvalue weighted by Crippen LogP contribution is 2.20. The third kappa shape index (κ3) is 4.66. The first-order valence-electron chi connectivity index (χ1n) is 6.60. The lowest BCUT2D eigenvalue weighted by molar-refractivity contribution is 0.131. The van der Waals surface area contributed by atoms with E-state index in [1.807, 2.05) is 30.3 Å². The summed E-state index contributed by atoms with van der Waals surface area (Å²) in [5.41, 5.74) is 2.22. The zero-order chi connectivity index (χ0) is 13.7. The maximum absolute atomic E-state index is 5.79. The Bertz CT molecular complexity index is 497. The van der Waals surface area contributed by atoms with Crippen LogP contribution < -0.4 is 10.1 Å². The second-order valence-electron chi connectivity index (χ2n) is 5.58. The molecule has 0 radical (unpaired) electrons. The molecule has 100 valence electrons. The minimum atomic E-state index is -0.154. The van der Waals surface area contributed by atoms with Crippen LogP contribution in [0.3, 0.4) is 0 Å². The number of hydrogen-bond donors (Lipinski definition) is 1. The summed E-state index contributed by atoms with van der Waals surface area (Å²) in [5, 5.41) is 3.40. The highest BCUT2D eigenvalue weighted by Gasteiger charge is 2.11. The van der Waals surface area contributed by atoms with Crippen molar-refractivity contribution < 1.29 is 4.74 Å². The van der Waals surface area contributed by atoms with Crippen molar-refractivity contribution in [2.24, 2.45) is 0 Å². The van der Waals surface area contributed by atoms with Gasteiger partial charge in [-0.05, 0) is 50.6 Å². The van der Waals surface area contributed by atoms with Crippen LogP contribution in [0.15, 0.2) is 54.6 Å². The fraction of sp³-hybridized carbons (Fsp3) is 0.294. The number of nitrogens with one attached hydrogen (secondary N) is 1. The van der Waals surface area contributed by atoms with Gasteiger partial charge in [0.05, 0.1) is 0 Å². The summed E-state index contributed by atoms with van der Waals surface area (Å²) >= 11 is 0. The number of rotatable bonds is 4. The van der Waals surface area contributed by atoms with Crippen LogP contribution in [0.4, 0.5) is 5.69 Å². The van der Waals surface area contributed by atoms with E-state index in [2.05, 4.69) is 50.4 Å². The van der Waals surface area contributed by atoms with E-state index in [1.165, 1.54) is 5.56 Å². The van der Waals surface area contributed by atoms with Crippen molar-refractivity contribution in [3.63, 3.8) is 0 Å². The summed E-state index contributed by atoms with van der Waals surface area (Å²) in [6.07, 6.45) is 0. The van der Waals surface area contributed by atoms with Crippen LogP contribution in [0.5, 0.6) is 5.75 Å². The van der Waals surface area contributed by atoms with Crippen molar-refractivity contribution in [1.82, 2.24) is 0 Å². The quantitative estimate of drug-likeness (QED) is 0.870. The summed E-state index contributed by atoms with van der Waals surface area (Å²) in [5.74, 6) is 0.901. The largest absolute Gasteiger partial charge is 0.488 e. The fourth-order valence-electron chi connectivity index (χ4n) is 1.79. The lowest BCUT2D eigenvalue weighted by atomic mass is 10.2. The van der Waals surface area contributed by atoms with Crippen molar-refractivity contribution in [3.8, 4) is 5.75 Å². The maximum atomic E-state index is 5.79. The van der Waals surface area contributed by atoms with Crippen LogP contribution in [0.25, 0.3) is 0 Å².